The molecule has 1 aliphatic heterocycles. The molecule has 1 saturated heterocycles. The van der Waals surface area contributed by atoms with Gasteiger partial charge in [0.05, 0.1) is 0 Å². The summed E-state index contributed by atoms with van der Waals surface area (Å²) in [6.07, 6.45) is 3.09. The zero-order valence-corrected chi connectivity index (χ0v) is 13.2. The Labute approximate surface area is 138 Å². The van der Waals surface area contributed by atoms with Crippen molar-refractivity contribution in [1.82, 2.24) is 15.2 Å². The van der Waals surface area contributed by atoms with E-state index in [0.717, 1.165) is 21.4 Å². The molecule has 0 spiro atoms. The van der Waals surface area contributed by atoms with Crippen molar-refractivity contribution < 1.29 is 19.5 Å². The first-order chi connectivity index (χ1) is 11.5. The van der Waals surface area contributed by atoms with Gasteiger partial charge in [0.1, 0.15) is 5.75 Å². The number of hydrogen-bond donors (Lipinski definition) is 3. The quantitative estimate of drug-likeness (QED) is 0.690. The number of aromatic nitrogens is 1. The molecule has 1 aliphatic rings. The van der Waals surface area contributed by atoms with Crippen LogP contribution in [0.3, 0.4) is 0 Å². The SMILES string of the molecule is O=C(CCN1C(=O)CCC1=O)NCCc1c[nH]c2ccc(O)cc12. The van der Waals surface area contributed by atoms with Gasteiger partial charge < -0.3 is 15.4 Å². The van der Waals surface area contributed by atoms with E-state index in [2.05, 4.69) is 10.3 Å². The van der Waals surface area contributed by atoms with Crippen molar-refractivity contribution in [3.63, 3.8) is 0 Å². The molecule has 0 saturated carbocycles. The van der Waals surface area contributed by atoms with Gasteiger partial charge >= 0.3 is 0 Å². The molecule has 24 heavy (non-hydrogen) atoms. The molecule has 0 bridgehead atoms. The van der Waals surface area contributed by atoms with Crippen molar-refractivity contribution in [3.8, 4) is 5.75 Å². The van der Waals surface area contributed by atoms with Crippen LogP contribution in [-0.4, -0.2) is 45.8 Å². The number of rotatable bonds is 6. The minimum atomic E-state index is -0.202. The van der Waals surface area contributed by atoms with E-state index in [4.69, 9.17) is 0 Å². The first-order valence-electron chi connectivity index (χ1n) is 7.93. The molecule has 1 aromatic heterocycles. The molecule has 0 radical (unpaired) electrons. The highest BCUT2D eigenvalue weighted by Gasteiger charge is 2.28. The average Bonchev–Trinajstić information content (AvgIpc) is 3.09. The summed E-state index contributed by atoms with van der Waals surface area (Å²) >= 11 is 0. The third kappa shape index (κ3) is 3.40. The van der Waals surface area contributed by atoms with Crippen LogP contribution in [0.2, 0.25) is 0 Å². The van der Waals surface area contributed by atoms with E-state index in [1.54, 1.807) is 18.2 Å². The zero-order valence-electron chi connectivity index (χ0n) is 13.2. The Balaban J connectivity index is 1.47. The van der Waals surface area contributed by atoms with E-state index >= 15 is 0 Å². The highest BCUT2D eigenvalue weighted by molar-refractivity contribution is 6.02. The van der Waals surface area contributed by atoms with Crippen LogP contribution in [0.15, 0.2) is 24.4 Å². The van der Waals surface area contributed by atoms with Crippen LogP contribution in [0.25, 0.3) is 10.9 Å². The zero-order chi connectivity index (χ0) is 17.1. The fraction of sp³-hybridized carbons (Fsp3) is 0.353. The lowest BCUT2D eigenvalue weighted by molar-refractivity contribution is -0.138. The van der Waals surface area contributed by atoms with Gasteiger partial charge in [-0.15, -0.1) is 0 Å². The number of phenolic OH excluding ortho intramolecular Hbond substituents is 1. The second-order valence-corrected chi connectivity index (χ2v) is 5.83. The Morgan fingerprint density at radius 3 is 2.75 bits per heavy atom. The summed E-state index contributed by atoms with van der Waals surface area (Å²) in [5.74, 6) is -0.393. The topological polar surface area (TPSA) is 103 Å². The third-order valence-electron chi connectivity index (χ3n) is 4.18. The van der Waals surface area contributed by atoms with Crippen molar-refractivity contribution in [2.45, 2.75) is 25.7 Å². The molecule has 7 heteroatoms. The van der Waals surface area contributed by atoms with E-state index in [-0.39, 0.29) is 49.3 Å². The molecule has 0 aliphatic carbocycles. The van der Waals surface area contributed by atoms with Crippen LogP contribution in [0, 0.1) is 0 Å². The Morgan fingerprint density at radius 1 is 1.25 bits per heavy atom. The lowest BCUT2D eigenvalue weighted by Gasteiger charge is -2.13. The molecule has 3 amide bonds. The molecule has 0 unspecified atom stereocenters. The lowest BCUT2D eigenvalue weighted by atomic mass is 10.1. The summed E-state index contributed by atoms with van der Waals surface area (Å²) in [6, 6.07) is 5.11. The number of aromatic amines is 1. The van der Waals surface area contributed by atoms with Gasteiger partial charge in [0.15, 0.2) is 0 Å². The first kappa shape index (κ1) is 16.0. The van der Waals surface area contributed by atoms with Gasteiger partial charge in [-0.05, 0) is 30.2 Å². The fourth-order valence-electron chi connectivity index (χ4n) is 2.88. The molecule has 0 atom stereocenters. The molecule has 7 nitrogen and oxygen atoms in total. The number of fused-ring (bicyclic) bond motifs is 1. The summed E-state index contributed by atoms with van der Waals surface area (Å²) in [7, 11) is 0. The summed E-state index contributed by atoms with van der Waals surface area (Å²) in [6.45, 7) is 0.591. The maximum Gasteiger partial charge on any atom is 0.229 e. The highest BCUT2D eigenvalue weighted by atomic mass is 16.3. The van der Waals surface area contributed by atoms with Gasteiger partial charge in [-0.25, -0.2) is 0 Å². The second-order valence-electron chi connectivity index (χ2n) is 5.83. The minimum absolute atomic E-state index is 0.117. The number of nitrogens with one attached hydrogen (secondary N) is 2. The van der Waals surface area contributed by atoms with Gasteiger partial charge in [-0.2, -0.15) is 0 Å². The summed E-state index contributed by atoms with van der Waals surface area (Å²) < 4.78 is 0. The first-order valence-corrected chi connectivity index (χ1v) is 7.93. The van der Waals surface area contributed by atoms with Crippen LogP contribution >= 0.6 is 0 Å². The molecular weight excluding hydrogens is 310 g/mol. The van der Waals surface area contributed by atoms with Crippen molar-refractivity contribution >= 4 is 28.6 Å². The van der Waals surface area contributed by atoms with Crippen molar-refractivity contribution in [2.24, 2.45) is 0 Å². The fourth-order valence-corrected chi connectivity index (χ4v) is 2.88. The van der Waals surface area contributed by atoms with Crippen LogP contribution in [0.5, 0.6) is 5.75 Å². The summed E-state index contributed by atoms with van der Waals surface area (Å²) in [5, 5.41) is 13.3. The number of H-pyrrole nitrogens is 1. The number of carbonyl (C=O) groups is 3. The number of benzene rings is 1. The Kier molecular flexibility index (Phi) is 4.50. The molecule has 2 aromatic rings. The van der Waals surface area contributed by atoms with Crippen LogP contribution in [0.1, 0.15) is 24.8 Å². The molecule has 126 valence electrons. The predicted molar refractivity (Wildman–Crippen MR) is 87.2 cm³/mol. The summed E-state index contributed by atoms with van der Waals surface area (Å²) in [4.78, 5) is 39.1. The number of amides is 3. The monoisotopic (exact) mass is 329 g/mol. The van der Waals surface area contributed by atoms with Gasteiger partial charge in [0.25, 0.3) is 0 Å². The number of nitrogens with zero attached hydrogens (tertiary/aromatic N) is 1. The molecular formula is C17H19N3O4. The van der Waals surface area contributed by atoms with E-state index in [1.807, 2.05) is 6.20 Å². The Bertz CT molecular complexity index is 780. The van der Waals surface area contributed by atoms with Crippen molar-refractivity contribution in [3.05, 3.63) is 30.0 Å². The normalized spacial score (nSPS) is 14.6. The Hall–Kier alpha value is -2.83. The van der Waals surface area contributed by atoms with Gasteiger partial charge in [-0.1, -0.05) is 0 Å². The number of phenols is 1. The maximum atomic E-state index is 11.9. The molecule has 1 aromatic carbocycles. The van der Waals surface area contributed by atoms with Gasteiger partial charge in [-0.3, -0.25) is 19.3 Å². The van der Waals surface area contributed by atoms with E-state index in [0.29, 0.717) is 13.0 Å². The standard InChI is InChI=1S/C17H19N3O4/c21-12-1-2-14-13(9-12)11(10-19-14)5-7-18-15(22)6-8-20-16(23)3-4-17(20)24/h1-2,9-10,19,21H,3-8H2,(H,18,22). The lowest BCUT2D eigenvalue weighted by Crippen LogP contribution is -2.34. The van der Waals surface area contributed by atoms with E-state index in [9.17, 15) is 19.5 Å². The number of hydrogen-bond acceptors (Lipinski definition) is 4. The number of likely N-dealkylation sites (tertiary alicyclic amines) is 1. The highest BCUT2D eigenvalue weighted by Crippen LogP contribution is 2.23. The number of imide groups is 1. The average molecular weight is 329 g/mol. The van der Waals surface area contributed by atoms with E-state index < -0.39 is 0 Å². The molecule has 1 fully saturated rings. The smallest absolute Gasteiger partial charge is 0.229 e. The van der Waals surface area contributed by atoms with Gasteiger partial charge in [0.2, 0.25) is 17.7 Å². The predicted octanol–water partition coefficient (Wildman–Crippen LogP) is 1.07. The molecule has 3 rings (SSSR count). The van der Waals surface area contributed by atoms with Crippen LogP contribution in [-0.2, 0) is 20.8 Å². The third-order valence-corrected chi connectivity index (χ3v) is 4.18. The number of aromatic hydroxyl groups is 1. The van der Waals surface area contributed by atoms with Crippen molar-refractivity contribution in [1.29, 1.82) is 0 Å². The van der Waals surface area contributed by atoms with Gasteiger partial charge in [0, 0.05) is 49.5 Å². The van der Waals surface area contributed by atoms with Crippen molar-refractivity contribution in [2.75, 3.05) is 13.1 Å². The number of carbonyl (C=O) groups excluding carboxylic acids is 3. The molecule has 2 heterocycles. The van der Waals surface area contributed by atoms with Crippen LogP contribution in [0.4, 0.5) is 0 Å². The summed E-state index contributed by atoms with van der Waals surface area (Å²) in [5.41, 5.74) is 1.94. The van der Waals surface area contributed by atoms with E-state index in [1.165, 1.54) is 0 Å². The van der Waals surface area contributed by atoms with Crippen LogP contribution < -0.4 is 5.32 Å². The largest absolute Gasteiger partial charge is 0.508 e. The minimum Gasteiger partial charge on any atom is -0.508 e. The maximum absolute atomic E-state index is 11.9. The molecule has 3 N–H and O–H groups in total. The Morgan fingerprint density at radius 2 is 2.00 bits per heavy atom. The second kappa shape index (κ2) is 6.74.